The number of hydrogen-bond acceptors (Lipinski definition) is 5. The molecule has 1 unspecified atom stereocenters. The van der Waals surface area contributed by atoms with Gasteiger partial charge in [0.05, 0.1) is 18.9 Å². The molecule has 1 amide bonds. The molecular formula is C18H20N2O4S. The largest absolute Gasteiger partial charge is 0.480 e. The molecule has 1 saturated heterocycles. The molecule has 3 rings (SSSR count). The molecule has 2 aromatic rings. The van der Waals surface area contributed by atoms with Gasteiger partial charge in [0.1, 0.15) is 9.88 Å². The number of nitrogens with zero attached hydrogens (tertiary/aromatic N) is 2. The zero-order valence-electron chi connectivity index (χ0n) is 14.4. The van der Waals surface area contributed by atoms with Crippen molar-refractivity contribution in [2.75, 3.05) is 19.8 Å². The molecule has 1 aromatic heterocycles. The van der Waals surface area contributed by atoms with Crippen LogP contribution in [0.5, 0.6) is 0 Å². The van der Waals surface area contributed by atoms with Crippen LogP contribution in [0, 0.1) is 20.8 Å². The van der Waals surface area contributed by atoms with Crippen LogP contribution in [0.25, 0.3) is 10.6 Å². The van der Waals surface area contributed by atoms with Gasteiger partial charge in [0.2, 0.25) is 0 Å². The number of aromatic nitrogens is 1. The maximum atomic E-state index is 12.9. The van der Waals surface area contributed by atoms with Gasteiger partial charge >= 0.3 is 5.97 Å². The van der Waals surface area contributed by atoms with Gasteiger partial charge in [-0.1, -0.05) is 23.8 Å². The molecule has 1 N–H and O–H groups in total. The first kappa shape index (κ1) is 17.6. The van der Waals surface area contributed by atoms with Gasteiger partial charge in [-0.05, 0) is 26.3 Å². The average molecular weight is 360 g/mol. The summed E-state index contributed by atoms with van der Waals surface area (Å²) in [5.74, 6) is -1.34. The smallest absolute Gasteiger partial charge is 0.328 e. The van der Waals surface area contributed by atoms with Gasteiger partial charge in [-0.3, -0.25) is 4.79 Å². The summed E-state index contributed by atoms with van der Waals surface area (Å²) in [7, 11) is 0. The molecule has 0 spiro atoms. The number of amides is 1. The SMILES string of the molecule is Cc1ccc(-c2nc(C)c(C(=O)N3CCOCC3C(=O)O)s2)c(C)c1. The number of morpholine rings is 1. The molecule has 1 aliphatic rings. The lowest BCUT2D eigenvalue weighted by molar-refractivity contribution is -0.147. The van der Waals surface area contributed by atoms with Gasteiger partial charge in [0.25, 0.3) is 5.91 Å². The van der Waals surface area contributed by atoms with E-state index in [0.29, 0.717) is 17.2 Å². The molecule has 1 aliphatic heterocycles. The third kappa shape index (κ3) is 3.43. The van der Waals surface area contributed by atoms with Crippen LogP contribution in [-0.4, -0.2) is 52.7 Å². The highest BCUT2D eigenvalue weighted by Crippen LogP contribution is 2.32. The number of thiazole rings is 1. The first-order chi connectivity index (χ1) is 11.9. The van der Waals surface area contributed by atoms with E-state index in [1.807, 2.05) is 26.0 Å². The molecule has 7 heteroatoms. The van der Waals surface area contributed by atoms with Crippen LogP contribution in [0.3, 0.4) is 0 Å². The van der Waals surface area contributed by atoms with E-state index in [-0.39, 0.29) is 19.1 Å². The quantitative estimate of drug-likeness (QED) is 0.910. The second-order valence-corrected chi connectivity index (χ2v) is 7.18. The summed E-state index contributed by atoms with van der Waals surface area (Å²) in [5, 5.41) is 10.1. The standard InChI is InChI=1S/C18H20N2O4S/c1-10-4-5-13(11(2)8-10)16-19-12(3)15(25-16)17(21)20-6-7-24-9-14(20)18(22)23/h4-5,8,14H,6-7,9H2,1-3H3,(H,22,23). The number of carbonyl (C=O) groups is 2. The Morgan fingerprint density at radius 3 is 2.76 bits per heavy atom. The summed E-state index contributed by atoms with van der Waals surface area (Å²) in [5.41, 5.74) is 3.89. The molecule has 132 valence electrons. The Hall–Kier alpha value is -2.25. The minimum absolute atomic E-state index is 0.0167. The Labute approximate surface area is 150 Å². The zero-order valence-corrected chi connectivity index (χ0v) is 15.2. The number of hydrogen-bond donors (Lipinski definition) is 1. The average Bonchev–Trinajstić information content (AvgIpc) is 2.95. The van der Waals surface area contributed by atoms with Crippen molar-refractivity contribution in [1.82, 2.24) is 9.88 Å². The molecule has 0 radical (unpaired) electrons. The summed E-state index contributed by atoms with van der Waals surface area (Å²) in [6.45, 7) is 6.46. The van der Waals surface area contributed by atoms with E-state index in [0.717, 1.165) is 16.1 Å². The molecule has 2 heterocycles. The predicted octanol–water partition coefficient (Wildman–Crippen LogP) is 2.66. The van der Waals surface area contributed by atoms with Crippen LogP contribution in [0.15, 0.2) is 18.2 Å². The van der Waals surface area contributed by atoms with Gasteiger partial charge in [0.15, 0.2) is 6.04 Å². The first-order valence-electron chi connectivity index (χ1n) is 8.05. The molecular weight excluding hydrogens is 340 g/mol. The predicted molar refractivity (Wildman–Crippen MR) is 95.0 cm³/mol. The van der Waals surface area contributed by atoms with Crippen LogP contribution in [0.4, 0.5) is 0 Å². The van der Waals surface area contributed by atoms with E-state index in [9.17, 15) is 14.7 Å². The van der Waals surface area contributed by atoms with E-state index in [1.165, 1.54) is 21.8 Å². The Bertz CT molecular complexity index is 830. The summed E-state index contributed by atoms with van der Waals surface area (Å²) in [4.78, 5) is 30.7. The highest BCUT2D eigenvalue weighted by molar-refractivity contribution is 7.17. The van der Waals surface area contributed by atoms with Gasteiger partial charge in [0, 0.05) is 12.1 Å². The zero-order chi connectivity index (χ0) is 18.1. The van der Waals surface area contributed by atoms with Crippen molar-refractivity contribution in [3.63, 3.8) is 0 Å². The van der Waals surface area contributed by atoms with Crippen LogP contribution in [0.2, 0.25) is 0 Å². The number of ether oxygens (including phenoxy) is 1. The molecule has 1 fully saturated rings. The Morgan fingerprint density at radius 1 is 1.32 bits per heavy atom. The highest BCUT2D eigenvalue weighted by Gasteiger charge is 2.34. The fraction of sp³-hybridized carbons (Fsp3) is 0.389. The van der Waals surface area contributed by atoms with Crippen LogP contribution < -0.4 is 0 Å². The molecule has 0 bridgehead atoms. The van der Waals surface area contributed by atoms with Gasteiger partial charge in [-0.2, -0.15) is 0 Å². The number of aryl methyl sites for hydroxylation is 3. The summed E-state index contributed by atoms with van der Waals surface area (Å²) < 4.78 is 5.20. The van der Waals surface area contributed by atoms with Crippen molar-refractivity contribution in [1.29, 1.82) is 0 Å². The van der Waals surface area contributed by atoms with Crippen molar-refractivity contribution in [2.24, 2.45) is 0 Å². The minimum atomic E-state index is -1.05. The van der Waals surface area contributed by atoms with Crippen LogP contribution >= 0.6 is 11.3 Å². The molecule has 0 saturated carbocycles. The van der Waals surface area contributed by atoms with Gasteiger partial charge in [-0.15, -0.1) is 11.3 Å². The third-order valence-corrected chi connectivity index (χ3v) is 5.46. The van der Waals surface area contributed by atoms with E-state index in [4.69, 9.17) is 4.74 Å². The van der Waals surface area contributed by atoms with Crippen molar-refractivity contribution in [2.45, 2.75) is 26.8 Å². The minimum Gasteiger partial charge on any atom is -0.480 e. The number of carboxylic acid groups (broad SMARTS) is 1. The van der Waals surface area contributed by atoms with Gasteiger partial charge < -0.3 is 14.7 Å². The summed E-state index contributed by atoms with van der Waals surface area (Å²) in [6, 6.07) is 5.15. The fourth-order valence-electron chi connectivity index (χ4n) is 2.95. The second kappa shape index (κ2) is 6.93. The van der Waals surface area contributed by atoms with Gasteiger partial charge in [-0.25, -0.2) is 9.78 Å². The number of carboxylic acids is 1. The first-order valence-corrected chi connectivity index (χ1v) is 8.86. The molecule has 25 heavy (non-hydrogen) atoms. The summed E-state index contributed by atoms with van der Waals surface area (Å²) >= 11 is 1.31. The van der Waals surface area contributed by atoms with Crippen molar-refractivity contribution < 1.29 is 19.4 Å². The lowest BCUT2D eigenvalue weighted by atomic mass is 10.1. The maximum Gasteiger partial charge on any atom is 0.328 e. The summed E-state index contributed by atoms with van der Waals surface area (Å²) in [6.07, 6.45) is 0. The molecule has 6 nitrogen and oxygen atoms in total. The topological polar surface area (TPSA) is 79.7 Å². The molecule has 1 atom stereocenters. The van der Waals surface area contributed by atoms with Crippen molar-refractivity contribution >= 4 is 23.2 Å². The Balaban J connectivity index is 1.94. The number of rotatable bonds is 3. The number of carbonyl (C=O) groups excluding carboxylic acids is 1. The third-order valence-electron chi connectivity index (χ3n) is 4.28. The van der Waals surface area contributed by atoms with Crippen LogP contribution in [-0.2, 0) is 9.53 Å². The van der Waals surface area contributed by atoms with E-state index >= 15 is 0 Å². The maximum absolute atomic E-state index is 12.9. The van der Waals surface area contributed by atoms with Crippen molar-refractivity contribution in [3.05, 3.63) is 39.9 Å². The van der Waals surface area contributed by atoms with E-state index in [1.54, 1.807) is 6.92 Å². The molecule has 0 aliphatic carbocycles. The fourth-order valence-corrected chi connectivity index (χ4v) is 4.06. The Kier molecular flexibility index (Phi) is 4.87. The number of aliphatic carboxylic acids is 1. The highest BCUT2D eigenvalue weighted by atomic mass is 32.1. The number of benzene rings is 1. The molecule has 1 aromatic carbocycles. The lowest BCUT2D eigenvalue weighted by Gasteiger charge is -2.32. The van der Waals surface area contributed by atoms with E-state index in [2.05, 4.69) is 11.1 Å². The van der Waals surface area contributed by atoms with E-state index < -0.39 is 12.0 Å². The lowest BCUT2D eigenvalue weighted by Crippen LogP contribution is -2.52. The monoisotopic (exact) mass is 360 g/mol. The normalized spacial score (nSPS) is 17.6. The van der Waals surface area contributed by atoms with Crippen LogP contribution in [0.1, 0.15) is 26.5 Å². The Morgan fingerprint density at radius 2 is 2.08 bits per heavy atom. The second-order valence-electron chi connectivity index (χ2n) is 6.18. The van der Waals surface area contributed by atoms with Crippen molar-refractivity contribution in [3.8, 4) is 10.6 Å².